The third-order valence-corrected chi connectivity index (χ3v) is 1.98. The molecule has 0 radical (unpaired) electrons. The van der Waals surface area contributed by atoms with Crippen molar-refractivity contribution in [3.63, 3.8) is 0 Å². The average molecular weight is 234 g/mol. The molecule has 0 heterocycles. The predicted molar refractivity (Wildman–Crippen MR) is 62.0 cm³/mol. The molecular formula is C11H10N2O4. The summed E-state index contributed by atoms with van der Waals surface area (Å²) in [7, 11) is 0. The van der Waals surface area contributed by atoms with Gasteiger partial charge in [0.2, 0.25) is 5.91 Å². The van der Waals surface area contributed by atoms with Crippen LogP contribution in [0.4, 0.5) is 5.69 Å². The average Bonchev–Trinajstić information content (AvgIpc) is 2.30. The number of nitrogens with two attached hydrogens (primary N) is 1. The Morgan fingerprint density at radius 3 is 2.29 bits per heavy atom. The Labute approximate surface area is 96.8 Å². The van der Waals surface area contributed by atoms with Crippen molar-refractivity contribution in [1.29, 1.82) is 0 Å². The number of rotatable bonds is 4. The molecule has 1 amide bonds. The normalized spacial score (nSPS) is 11.6. The lowest BCUT2D eigenvalue weighted by molar-refractivity contribution is -0.384. The lowest BCUT2D eigenvalue weighted by atomic mass is 10.1. The summed E-state index contributed by atoms with van der Waals surface area (Å²) in [5.41, 5.74) is 5.73. The van der Waals surface area contributed by atoms with Crippen LogP contribution in [0.2, 0.25) is 0 Å². The SMILES string of the molecule is NC(=O)/C=C/C(=C\O)c1ccc([N+](=O)[O-])cc1. The van der Waals surface area contributed by atoms with Gasteiger partial charge in [0, 0.05) is 23.8 Å². The fraction of sp³-hybridized carbons (Fsp3) is 0. The fourth-order valence-corrected chi connectivity index (χ4v) is 1.16. The van der Waals surface area contributed by atoms with Crippen LogP contribution in [0.1, 0.15) is 5.56 Å². The summed E-state index contributed by atoms with van der Waals surface area (Å²) in [4.78, 5) is 20.4. The molecule has 0 fully saturated rings. The molecule has 0 aromatic heterocycles. The smallest absolute Gasteiger partial charge is 0.269 e. The summed E-state index contributed by atoms with van der Waals surface area (Å²) in [6, 6.07) is 5.53. The first-order chi connectivity index (χ1) is 8.04. The van der Waals surface area contributed by atoms with E-state index in [4.69, 9.17) is 10.8 Å². The molecule has 0 aliphatic carbocycles. The van der Waals surface area contributed by atoms with Gasteiger partial charge in [0.1, 0.15) is 0 Å². The third-order valence-electron chi connectivity index (χ3n) is 1.98. The maximum absolute atomic E-state index is 10.5. The second kappa shape index (κ2) is 5.45. The highest BCUT2D eigenvalue weighted by Gasteiger charge is 2.05. The van der Waals surface area contributed by atoms with Gasteiger partial charge in [0.25, 0.3) is 5.69 Å². The lowest BCUT2D eigenvalue weighted by Gasteiger charge is -2.00. The number of carbonyl (C=O) groups is 1. The second-order valence-electron chi connectivity index (χ2n) is 3.12. The molecule has 1 aromatic carbocycles. The van der Waals surface area contributed by atoms with Gasteiger partial charge >= 0.3 is 0 Å². The monoisotopic (exact) mass is 234 g/mol. The summed E-state index contributed by atoms with van der Waals surface area (Å²) in [5, 5.41) is 19.4. The van der Waals surface area contributed by atoms with Gasteiger partial charge in [-0.15, -0.1) is 0 Å². The highest BCUT2D eigenvalue weighted by Crippen LogP contribution is 2.19. The summed E-state index contributed by atoms with van der Waals surface area (Å²) in [6.45, 7) is 0. The minimum Gasteiger partial charge on any atom is -0.515 e. The quantitative estimate of drug-likeness (QED) is 0.271. The molecule has 0 atom stereocenters. The van der Waals surface area contributed by atoms with Gasteiger partial charge in [-0.1, -0.05) is 0 Å². The van der Waals surface area contributed by atoms with Crippen LogP contribution < -0.4 is 5.73 Å². The zero-order chi connectivity index (χ0) is 12.8. The Hall–Kier alpha value is -2.63. The Morgan fingerprint density at radius 2 is 1.88 bits per heavy atom. The van der Waals surface area contributed by atoms with Crippen molar-refractivity contribution in [3.05, 3.63) is 58.4 Å². The number of nitro benzene ring substituents is 1. The van der Waals surface area contributed by atoms with Crippen molar-refractivity contribution < 1.29 is 14.8 Å². The molecule has 3 N–H and O–H groups in total. The molecular weight excluding hydrogens is 224 g/mol. The van der Waals surface area contributed by atoms with Crippen molar-refractivity contribution in [2.24, 2.45) is 5.73 Å². The number of hydrogen-bond donors (Lipinski definition) is 2. The van der Waals surface area contributed by atoms with Crippen LogP contribution in [0, 0.1) is 10.1 Å². The molecule has 0 aliphatic rings. The van der Waals surface area contributed by atoms with E-state index in [0.717, 1.165) is 12.3 Å². The summed E-state index contributed by atoms with van der Waals surface area (Å²) in [6.07, 6.45) is 3.20. The zero-order valence-corrected chi connectivity index (χ0v) is 8.74. The van der Waals surface area contributed by atoms with Crippen molar-refractivity contribution in [2.45, 2.75) is 0 Å². The molecule has 0 unspecified atom stereocenters. The Morgan fingerprint density at radius 1 is 1.29 bits per heavy atom. The Bertz CT molecular complexity index is 489. The molecule has 0 saturated carbocycles. The minimum atomic E-state index is -0.647. The van der Waals surface area contributed by atoms with Crippen LogP contribution in [-0.4, -0.2) is 15.9 Å². The topological polar surface area (TPSA) is 106 Å². The van der Waals surface area contributed by atoms with E-state index in [1.54, 1.807) is 0 Å². The number of primary amides is 1. The maximum atomic E-state index is 10.5. The zero-order valence-electron chi connectivity index (χ0n) is 8.74. The molecule has 0 spiro atoms. The van der Waals surface area contributed by atoms with E-state index in [2.05, 4.69) is 0 Å². The highest BCUT2D eigenvalue weighted by molar-refractivity contribution is 5.89. The third kappa shape index (κ3) is 3.45. The molecule has 0 bridgehead atoms. The van der Waals surface area contributed by atoms with Crippen LogP contribution in [0.25, 0.3) is 5.57 Å². The number of aliphatic hydroxyl groups excluding tert-OH is 1. The van der Waals surface area contributed by atoms with E-state index in [9.17, 15) is 14.9 Å². The molecule has 88 valence electrons. The number of non-ortho nitro benzene ring substituents is 1. The maximum Gasteiger partial charge on any atom is 0.269 e. The number of aliphatic hydroxyl groups is 1. The van der Waals surface area contributed by atoms with E-state index < -0.39 is 10.8 Å². The van der Waals surface area contributed by atoms with Gasteiger partial charge in [-0.3, -0.25) is 14.9 Å². The van der Waals surface area contributed by atoms with E-state index in [1.165, 1.54) is 30.3 Å². The van der Waals surface area contributed by atoms with Crippen LogP contribution >= 0.6 is 0 Å². The number of amides is 1. The predicted octanol–water partition coefficient (Wildman–Crippen LogP) is 1.54. The van der Waals surface area contributed by atoms with E-state index >= 15 is 0 Å². The number of nitrogens with zero attached hydrogens (tertiary/aromatic N) is 1. The van der Waals surface area contributed by atoms with Crippen molar-refractivity contribution >= 4 is 17.2 Å². The van der Waals surface area contributed by atoms with Crippen LogP contribution in [0.5, 0.6) is 0 Å². The van der Waals surface area contributed by atoms with E-state index in [-0.39, 0.29) is 5.69 Å². The van der Waals surface area contributed by atoms with Crippen LogP contribution in [-0.2, 0) is 4.79 Å². The first-order valence-corrected chi connectivity index (χ1v) is 4.61. The first kappa shape index (κ1) is 12.4. The van der Waals surface area contributed by atoms with Gasteiger partial charge in [-0.25, -0.2) is 0 Å². The standard InChI is InChI=1S/C11H10N2O4/c12-11(15)6-3-9(7-14)8-1-4-10(5-2-8)13(16)17/h1-7,14H,(H2,12,15)/b6-3+,9-7+. The van der Waals surface area contributed by atoms with Crippen molar-refractivity contribution in [1.82, 2.24) is 0 Å². The molecule has 1 aromatic rings. The van der Waals surface area contributed by atoms with Gasteiger partial charge in [-0.05, 0) is 23.8 Å². The number of allylic oxidation sites excluding steroid dienone is 2. The molecule has 6 heteroatoms. The van der Waals surface area contributed by atoms with Crippen LogP contribution in [0.15, 0.2) is 42.7 Å². The molecule has 1 rings (SSSR count). The number of hydrogen-bond acceptors (Lipinski definition) is 4. The van der Waals surface area contributed by atoms with Gasteiger partial charge in [-0.2, -0.15) is 0 Å². The van der Waals surface area contributed by atoms with Crippen molar-refractivity contribution in [2.75, 3.05) is 0 Å². The van der Waals surface area contributed by atoms with E-state index in [0.29, 0.717) is 11.1 Å². The van der Waals surface area contributed by atoms with E-state index in [1.807, 2.05) is 0 Å². The Kier molecular flexibility index (Phi) is 3.99. The molecule has 6 nitrogen and oxygen atoms in total. The summed E-state index contributed by atoms with van der Waals surface area (Å²) >= 11 is 0. The first-order valence-electron chi connectivity index (χ1n) is 4.61. The van der Waals surface area contributed by atoms with Crippen molar-refractivity contribution in [3.8, 4) is 0 Å². The highest BCUT2D eigenvalue weighted by atomic mass is 16.6. The summed E-state index contributed by atoms with van der Waals surface area (Å²) < 4.78 is 0. The molecule has 0 aliphatic heterocycles. The largest absolute Gasteiger partial charge is 0.515 e. The fourth-order valence-electron chi connectivity index (χ4n) is 1.16. The van der Waals surface area contributed by atoms with Gasteiger partial charge < -0.3 is 10.8 Å². The summed E-state index contributed by atoms with van der Waals surface area (Å²) in [5.74, 6) is -0.647. The number of carbonyl (C=O) groups excluding carboxylic acids is 1. The van der Waals surface area contributed by atoms with Gasteiger partial charge in [0.15, 0.2) is 0 Å². The van der Waals surface area contributed by atoms with Gasteiger partial charge in [0.05, 0.1) is 11.2 Å². The number of nitro groups is 1. The second-order valence-corrected chi connectivity index (χ2v) is 3.12. The van der Waals surface area contributed by atoms with Crippen LogP contribution in [0.3, 0.4) is 0 Å². The minimum absolute atomic E-state index is 0.0510. The molecule has 0 saturated heterocycles. The Balaban J connectivity index is 2.98. The molecule has 17 heavy (non-hydrogen) atoms. The lowest BCUT2D eigenvalue weighted by Crippen LogP contribution is -2.05. The number of benzene rings is 1.